The van der Waals surface area contributed by atoms with E-state index in [-0.39, 0.29) is 29.4 Å². The first-order valence-corrected chi connectivity index (χ1v) is 8.70. The van der Waals surface area contributed by atoms with Crippen LogP contribution in [0.4, 0.5) is 14.5 Å². The first kappa shape index (κ1) is 20.8. The van der Waals surface area contributed by atoms with Crippen LogP contribution < -0.4 is 14.8 Å². The van der Waals surface area contributed by atoms with Gasteiger partial charge in [0.1, 0.15) is 6.61 Å². The molecule has 9 heteroatoms. The van der Waals surface area contributed by atoms with Crippen molar-refractivity contribution in [3.8, 4) is 11.5 Å². The monoisotopic (exact) mass is 417 g/mol. The number of hydrogen-bond donors (Lipinski definition) is 1. The number of halogens is 2. The maximum Gasteiger partial charge on any atom is 0.387 e. The van der Waals surface area contributed by atoms with Crippen LogP contribution in [0.2, 0.25) is 0 Å². The molecule has 0 spiro atoms. The van der Waals surface area contributed by atoms with Crippen LogP contribution in [0, 0.1) is 0 Å². The van der Waals surface area contributed by atoms with E-state index in [9.17, 15) is 18.4 Å². The van der Waals surface area contributed by atoms with Crippen molar-refractivity contribution in [1.82, 2.24) is 0 Å². The van der Waals surface area contributed by atoms with E-state index in [2.05, 4.69) is 10.1 Å². The molecular formula is C21H17F2NO6. The van der Waals surface area contributed by atoms with Crippen LogP contribution in [0.25, 0.3) is 0 Å². The Balaban J connectivity index is 1.57. The summed E-state index contributed by atoms with van der Waals surface area (Å²) in [5.74, 6) is -0.858. The van der Waals surface area contributed by atoms with Crippen molar-refractivity contribution in [2.75, 3.05) is 12.4 Å². The average Bonchev–Trinajstić information content (AvgIpc) is 3.28. The smallest absolute Gasteiger partial charge is 0.387 e. The highest BCUT2D eigenvalue weighted by Gasteiger charge is 2.13. The predicted molar refractivity (Wildman–Crippen MR) is 102 cm³/mol. The number of amides is 1. The number of ether oxygens (including phenoxy) is 3. The van der Waals surface area contributed by atoms with Gasteiger partial charge in [-0.1, -0.05) is 6.07 Å². The van der Waals surface area contributed by atoms with Crippen molar-refractivity contribution >= 4 is 17.6 Å². The van der Waals surface area contributed by atoms with Gasteiger partial charge in [-0.3, -0.25) is 4.79 Å². The molecule has 156 valence electrons. The summed E-state index contributed by atoms with van der Waals surface area (Å²) >= 11 is 0. The second-order valence-corrected chi connectivity index (χ2v) is 5.95. The Bertz CT molecular complexity index is 1000. The lowest BCUT2D eigenvalue weighted by Crippen LogP contribution is -2.11. The van der Waals surface area contributed by atoms with Crippen LogP contribution in [0.3, 0.4) is 0 Å². The second kappa shape index (κ2) is 9.55. The molecule has 0 saturated carbocycles. The molecule has 1 heterocycles. The Kier molecular flexibility index (Phi) is 6.63. The lowest BCUT2D eigenvalue weighted by molar-refractivity contribution is -0.0512. The van der Waals surface area contributed by atoms with Crippen LogP contribution >= 0.6 is 0 Å². The first-order chi connectivity index (χ1) is 14.5. The minimum Gasteiger partial charge on any atom is -0.493 e. The number of rotatable bonds is 8. The zero-order valence-corrected chi connectivity index (χ0v) is 15.8. The summed E-state index contributed by atoms with van der Waals surface area (Å²) in [4.78, 5) is 24.2. The fraction of sp³-hybridized carbons (Fsp3) is 0.143. The van der Waals surface area contributed by atoms with Gasteiger partial charge in [0.2, 0.25) is 0 Å². The summed E-state index contributed by atoms with van der Waals surface area (Å²) in [7, 11) is 1.32. The van der Waals surface area contributed by atoms with E-state index in [1.165, 1.54) is 49.8 Å². The molecule has 2 aromatic carbocycles. The summed E-state index contributed by atoms with van der Waals surface area (Å²) in [6.07, 6.45) is 1.39. The van der Waals surface area contributed by atoms with Gasteiger partial charge in [0, 0.05) is 5.69 Å². The number of nitrogens with one attached hydrogen (secondary N) is 1. The molecular weight excluding hydrogens is 400 g/mol. The van der Waals surface area contributed by atoms with Crippen LogP contribution in [0.1, 0.15) is 26.5 Å². The third kappa shape index (κ3) is 5.34. The topological polar surface area (TPSA) is 87.0 Å². The molecule has 7 nitrogen and oxygen atoms in total. The molecule has 3 rings (SSSR count). The van der Waals surface area contributed by atoms with Crippen molar-refractivity contribution in [1.29, 1.82) is 0 Å². The van der Waals surface area contributed by atoms with E-state index < -0.39 is 18.5 Å². The predicted octanol–water partition coefficient (Wildman–Crippen LogP) is 4.50. The summed E-state index contributed by atoms with van der Waals surface area (Å²) in [6.45, 7) is -3.07. The van der Waals surface area contributed by atoms with Crippen molar-refractivity contribution < 1.29 is 37.0 Å². The van der Waals surface area contributed by atoms with Crippen LogP contribution in [-0.2, 0) is 11.3 Å². The standard InChI is InChI=1S/C21H17F2NO6/c1-27-18-11-13(4-9-16(18)30-21(22)23)12-29-20(26)14-5-7-15(8-6-14)24-19(25)17-3-2-10-28-17/h2-11,21H,12H2,1H3,(H,24,25). The maximum absolute atomic E-state index is 12.4. The van der Waals surface area contributed by atoms with Gasteiger partial charge >= 0.3 is 12.6 Å². The van der Waals surface area contributed by atoms with E-state index in [1.54, 1.807) is 18.2 Å². The van der Waals surface area contributed by atoms with Crippen molar-refractivity contribution in [2.24, 2.45) is 0 Å². The zero-order valence-electron chi connectivity index (χ0n) is 15.8. The molecule has 3 aromatic rings. The van der Waals surface area contributed by atoms with Crippen molar-refractivity contribution in [2.45, 2.75) is 13.2 Å². The highest BCUT2D eigenvalue weighted by atomic mass is 19.3. The Morgan fingerprint density at radius 3 is 2.47 bits per heavy atom. The minimum atomic E-state index is -2.98. The van der Waals surface area contributed by atoms with Gasteiger partial charge in [-0.05, 0) is 54.1 Å². The van der Waals surface area contributed by atoms with Gasteiger partial charge in [-0.2, -0.15) is 8.78 Å². The quantitative estimate of drug-likeness (QED) is 0.543. The molecule has 0 saturated heterocycles. The molecule has 0 radical (unpaired) electrons. The van der Waals surface area contributed by atoms with Gasteiger partial charge < -0.3 is 23.9 Å². The Morgan fingerprint density at radius 2 is 1.83 bits per heavy atom. The molecule has 0 unspecified atom stereocenters. The third-order valence-electron chi connectivity index (χ3n) is 3.94. The van der Waals surface area contributed by atoms with Gasteiger partial charge in [0.15, 0.2) is 17.3 Å². The molecule has 0 aliphatic carbocycles. The molecule has 1 aromatic heterocycles. The second-order valence-electron chi connectivity index (χ2n) is 5.95. The Labute approximate surface area is 170 Å². The Morgan fingerprint density at radius 1 is 1.07 bits per heavy atom. The van der Waals surface area contributed by atoms with Crippen molar-refractivity contribution in [3.05, 3.63) is 77.7 Å². The SMILES string of the molecule is COc1cc(COC(=O)c2ccc(NC(=O)c3ccco3)cc2)ccc1OC(F)F. The first-order valence-electron chi connectivity index (χ1n) is 8.70. The summed E-state index contributed by atoms with van der Waals surface area (Å²) in [6, 6.07) is 13.5. The summed E-state index contributed by atoms with van der Waals surface area (Å²) in [5, 5.41) is 2.64. The largest absolute Gasteiger partial charge is 0.493 e. The summed E-state index contributed by atoms with van der Waals surface area (Å²) in [5.41, 5.74) is 1.28. The van der Waals surface area contributed by atoms with Crippen LogP contribution in [-0.4, -0.2) is 25.6 Å². The van der Waals surface area contributed by atoms with Gasteiger partial charge in [-0.15, -0.1) is 0 Å². The van der Waals surface area contributed by atoms with Crippen LogP contribution in [0.15, 0.2) is 65.3 Å². The van der Waals surface area contributed by atoms with E-state index in [0.717, 1.165) is 0 Å². The van der Waals surface area contributed by atoms with E-state index in [0.29, 0.717) is 11.3 Å². The van der Waals surface area contributed by atoms with E-state index >= 15 is 0 Å². The number of esters is 1. The minimum absolute atomic E-state index is 0.0961. The lowest BCUT2D eigenvalue weighted by Gasteiger charge is -2.12. The number of alkyl halides is 2. The molecule has 1 N–H and O–H groups in total. The highest BCUT2D eigenvalue weighted by molar-refractivity contribution is 6.02. The Hall–Kier alpha value is -3.88. The third-order valence-corrected chi connectivity index (χ3v) is 3.94. The maximum atomic E-state index is 12.4. The van der Waals surface area contributed by atoms with E-state index in [4.69, 9.17) is 13.9 Å². The fourth-order valence-electron chi connectivity index (χ4n) is 2.52. The summed E-state index contributed by atoms with van der Waals surface area (Å²) < 4.78 is 44.3. The number of hydrogen-bond acceptors (Lipinski definition) is 6. The van der Waals surface area contributed by atoms with Gasteiger partial charge in [0.05, 0.1) is 18.9 Å². The number of benzene rings is 2. The molecule has 0 bridgehead atoms. The number of furan rings is 1. The molecule has 0 atom stereocenters. The zero-order chi connectivity index (χ0) is 21.5. The van der Waals surface area contributed by atoms with E-state index in [1.807, 2.05) is 0 Å². The average molecular weight is 417 g/mol. The normalized spacial score (nSPS) is 10.5. The van der Waals surface area contributed by atoms with Crippen molar-refractivity contribution in [3.63, 3.8) is 0 Å². The molecule has 0 aliphatic heterocycles. The lowest BCUT2D eigenvalue weighted by atomic mass is 10.2. The number of anilines is 1. The number of methoxy groups -OCH3 is 1. The van der Waals surface area contributed by atoms with Gasteiger partial charge in [-0.25, -0.2) is 4.79 Å². The number of carbonyl (C=O) groups is 2. The molecule has 0 aliphatic rings. The number of carbonyl (C=O) groups excluding carboxylic acids is 2. The fourth-order valence-corrected chi connectivity index (χ4v) is 2.52. The highest BCUT2D eigenvalue weighted by Crippen LogP contribution is 2.29. The van der Waals surface area contributed by atoms with Crippen LogP contribution in [0.5, 0.6) is 11.5 Å². The molecule has 30 heavy (non-hydrogen) atoms. The van der Waals surface area contributed by atoms with Gasteiger partial charge in [0.25, 0.3) is 5.91 Å². The molecule has 1 amide bonds. The molecule has 0 fully saturated rings.